The molecule has 1 atom stereocenters. The summed E-state index contributed by atoms with van der Waals surface area (Å²) in [5, 5.41) is 3.97. The van der Waals surface area contributed by atoms with Crippen molar-refractivity contribution in [1.29, 1.82) is 0 Å². The monoisotopic (exact) mass is 271 g/mol. The maximum atomic E-state index is 4.84. The third-order valence-electron chi connectivity index (χ3n) is 4.23. The summed E-state index contributed by atoms with van der Waals surface area (Å²) in [5.74, 6) is 1.93. The Bertz CT molecular complexity index is 504. The van der Waals surface area contributed by atoms with Gasteiger partial charge in [0.05, 0.1) is 0 Å². The van der Waals surface area contributed by atoms with Crippen LogP contribution in [0.15, 0.2) is 41.2 Å². The van der Waals surface area contributed by atoms with E-state index in [1.165, 1.54) is 12.0 Å². The Balaban J connectivity index is 1.51. The van der Waals surface area contributed by atoms with Crippen LogP contribution >= 0.6 is 0 Å². The summed E-state index contributed by atoms with van der Waals surface area (Å²) < 4.78 is 4.84. The largest absolute Gasteiger partial charge is 0.343 e. The first-order chi connectivity index (χ1) is 9.83. The van der Waals surface area contributed by atoms with Crippen LogP contribution in [0, 0.1) is 0 Å². The molecule has 1 aromatic heterocycles. The average Bonchev–Trinajstić information content (AvgIpc) is 3.03. The molecule has 2 heterocycles. The van der Waals surface area contributed by atoms with E-state index in [0.717, 1.165) is 38.3 Å². The molecule has 0 amide bonds. The molecular weight excluding hydrogens is 250 g/mol. The van der Waals surface area contributed by atoms with Gasteiger partial charge in [0.15, 0.2) is 5.82 Å². The predicted octanol–water partition coefficient (Wildman–Crippen LogP) is 3.05. The molecule has 0 radical (unpaired) electrons. The predicted molar refractivity (Wildman–Crippen MR) is 77.6 cm³/mol. The van der Waals surface area contributed by atoms with Crippen LogP contribution in [0.4, 0.5) is 0 Å². The Kier molecular flexibility index (Phi) is 4.11. The lowest BCUT2D eigenvalue weighted by Crippen LogP contribution is -2.35. The van der Waals surface area contributed by atoms with E-state index in [1.54, 1.807) is 0 Å². The number of piperidine rings is 1. The topological polar surface area (TPSA) is 42.2 Å². The van der Waals surface area contributed by atoms with Crippen molar-refractivity contribution in [2.75, 3.05) is 19.6 Å². The van der Waals surface area contributed by atoms with Gasteiger partial charge in [0.2, 0.25) is 6.39 Å². The van der Waals surface area contributed by atoms with Crippen LogP contribution in [-0.2, 0) is 0 Å². The lowest BCUT2D eigenvalue weighted by molar-refractivity contribution is 0.199. The molecule has 1 aliphatic rings. The van der Waals surface area contributed by atoms with Gasteiger partial charge >= 0.3 is 0 Å². The van der Waals surface area contributed by atoms with Gasteiger partial charge < -0.3 is 9.42 Å². The van der Waals surface area contributed by atoms with Crippen molar-refractivity contribution in [2.45, 2.75) is 31.6 Å². The average molecular weight is 271 g/mol. The van der Waals surface area contributed by atoms with Gasteiger partial charge in [-0.1, -0.05) is 42.4 Å². The molecule has 1 aliphatic heterocycles. The van der Waals surface area contributed by atoms with Gasteiger partial charge in [0.1, 0.15) is 0 Å². The molecule has 20 heavy (non-hydrogen) atoms. The SMILES string of the molecule is C[C@H](CN1CCC(c2ncon2)CC1)c1ccccc1. The van der Waals surface area contributed by atoms with Crippen LogP contribution in [-0.4, -0.2) is 34.7 Å². The minimum Gasteiger partial charge on any atom is -0.343 e. The fourth-order valence-corrected chi connectivity index (χ4v) is 3.01. The summed E-state index contributed by atoms with van der Waals surface area (Å²) in [7, 11) is 0. The summed E-state index contributed by atoms with van der Waals surface area (Å²) in [6, 6.07) is 10.8. The van der Waals surface area contributed by atoms with Gasteiger partial charge in [-0.05, 0) is 37.4 Å². The van der Waals surface area contributed by atoms with Crippen molar-refractivity contribution >= 4 is 0 Å². The Labute approximate surface area is 119 Å². The van der Waals surface area contributed by atoms with Gasteiger partial charge in [0, 0.05) is 12.5 Å². The first-order valence-corrected chi connectivity index (χ1v) is 7.36. The molecule has 1 aromatic carbocycles. The molecule has 4 nitrogen and oxygen atoms in total. The zero-order valence-corrected chi connectivity index (χ0v) is 11.9. The molecule has 1 fully saturated rings. The van der Waals surface area contributed by atoms with E-state index in [-0.39, 0.29) is 0 Å². The van der Waals surface area contributed by atoms with E-state index in [1.807, 2.05) is 0 Å². The second-order valence-electron chi connectivity index (χ2n) is 5.68. The summed E-state index contributed by atoms with van der Waals surface area (Å²) in [6.07, 6.45) is 3.68. The van der Waals surface area contributed by atoms with Gasteiger partial charge in [-0.3, -0.25) is 0 Å². The van der Waals surface area contributed by atoms with Gasteiger partial charge in [-0.15, -0.1) is 0 Å². The molecule has 0 saturated carbocycles. The highest BCUT2D eigenvalue weighted by Crippen LogP contribution is 2.26. The zero-order chi connectivity index (χ0) is 13.8. The van der Waals surface area contributed by atoms with Gasteiger partial charge in [-0.25, -0.2) is 0 Å². The number of hydrogen-bond acceptors (Lipinski definition) is 4. The third kappa shape index (κ3) is 3.07. The van der Waals surface area contributed by atoms with E-state index in [2.05, 4.69) is 52.3 Å². The van der Waals surface area contributed by atoms with E-state index >= 15 is 0 Å². The highest BCUT2D eigenvalue weighted by Gasteiger charge is 2.24. The second kappa shape index (κ2) is 6.18. The van der Waals surface area contributed by atoms with Crippen LogP contribution in [0.25, 0.3) is 0 Å². The van der Waals surface area contributed by atoms with Crippen LogP contribution in [0.2, 0.25) is 0 Å². The maximum absolute atomic E-state index is 4.84. The fraction of sp³-hybridized carbons (Fsp3) is 0.500. The number of likely N-dealkylation sites (tertiary alicyclic amines) is 1. The van der Waals surface area contributed by atoms with E-state index in [0.29, 0.717) is 11.8 Å². The highest BCUT2D eigenvalue weighted by atomic mass is 16.5. The lowest BCUT2D eigenvalue weighted by atomic mass is 9.94. The Morgan fingerprint density at radius 2 is 2.00 bits per heavy atom. The minimum atomic E-state index is 0.469. The second-order valence-corrected chi connectivity index (χ2v) is 5.68. The van der Waals surface area contributed by atoms with Crippen molar-refractivity contribution in [3.63, 3.8) is 0 Å². The molecule has 0 bridgehead atoms. The summed E-state index contributed by atoms with van der Waals surface area (Å²) in [5.41, 5.74) is 1.42. The minimum absolute atomic E-state index is 0.469. The molecule has 1 saturated heterocycles. The molecule has 3 rings (SSSR count). The lowest BCUT2D eigenvalue weighted by Gasteiger charge is -2.32. The number of aromatic nitrogens is 2. The third-order valence-corrected chi connectivity index (χ3v) is 4.23. The summed E-state index contributed by atoms with van der Waals surface area (Å²) >= 11 is 0. The molecule has 0 spiro atoms. The standard InChI is InChI=1S/C16H21N3O/c1-13(14-5-3-2-4-6-14)11-19-9-7-15(8-10-19)16-17-12-20-18-16/h2-6,12-13,15H,7-11H2,1H3/t13-/m1/s1. The van der Waals surface area contributed by atoms with E-state index < -0.39 is 0 Å². The fourth-order valence-electron chi connectivity index (χ4n) is 3.01. The van der Waals surface area contributed by atoms with Crippen molar-refractivity contribution < 1.29 is 4.52 Å². The first-order valence-electron chi connectivity index (χ1n) is 7.36. The quantitative estimate of drug-likeness (QED) is 0.857. The van der Waals surface area contributed by atoms with Crippen molar-refractivity contribution in [3.8, 4) is 0 Å². The van der Waals surface area contributed by atoms with Crippen LogP contribution in [0.1, 0.15) is 43.0 Å². The molecular formula is C16H21N3O. The van der Waals surface area contributed by atoms with Crippen molar-refractivity contribution in [2.24, 2.45) is 0 Å². The first kappa shape index (κ1) is 13.3. The van der Waals surface area contributed by atoms with Crippen LogP contribution < -0.4 is 0 Å². The summed E-state index contributed by atoms with van der Waals surface area (Å²) in [6.45, 7) is 5.68. The molecule has 4 heteroatoms. The summed E-state index contributed by atoms with van der Waals surface area (Å²) in [4.78, 5) is 6.73. The zero-order valence-electron chi connectivity index (χ0n) is 11.9. The molecule has 0 aliphatic carbocycles. The molecule has 2 aromatic rings. The molecule has 106 valence electrons. The maximum Gasteiger partial charge on any atom is 0.213 e. The highest BCUT2D eigenvalue weighted by molar-refractivity contribution is 5.19. The Morgan fingerprint density at radius 3 is 2.65 bits per heavy atom. The number of hydrogen-bond donors (Lipinski definition) is 0. The smallest absolute Gasteiger partial charge is 0.213 e. The number of benzene rings is 1. The van der Waals surface area contributed by atoms with Gasteiger partial charge in [0.25, 0.3) is 0 Å². The van der Waals surface area contributed by atoms with E-state index in [9.17, 15) is 0 Å². The Morgan fingerprint density at radius 1 is 1.25 bits per heavy atom. The van der Waals surface area contributed by atoms with E-state index in [4.69, 9.17) is 4.52 Å². The van der Waals surface area contributed by atoms with Crippen molar-refractivity contribution in [3.05, 3.63) is 48.1 Å². The number of nitrogens with zero attached hydrogens (tertiary/aromatic N) is 3. The molecule has 0 unspecified atom stereocenters. The molecule has 0 N–H and O–H groups in total. The van der Waals surface area contributed by atoms with Crippen molar-refractivity contribution in [1.82, 2.24) is 15.0 Å². The van der Waals surface area contributed by atoms with Crippen LogP contribution in [0.5, 0.6) is 0 Å². The number of rotatable bonds is 4. The Hall–Kier alpha value is -1.68. The van der Waals surface area contributed by atoms with Gasteiger partial charge in [-0.2, -0.15) is 4.98 Å². The van der Waals surface area contributed by atoms with Crippen LogP contribution in [0.3, 0.4) is 0 Å². The normalized spacial score (nSPS) is 19.1.